The largest absolute Gasteiger partial charge is 0.459 e. The SMILES string of the molecule is Cc1ccc(-c2nnn(Cc3noc(-c4ccco4)n3)n2)cc1. The molecule has 0 amide bonds. The average Bonchev–Trinajstić information content (AvgIpc) is 3.29. The number of nitrogens with zero attached hydrogens (tertiary/aromatic N) is 6. The number of hydrogen-bond acceptors (Lipinski definition) is 7. The minimum atomic E-state index is 0.267. The molecule has 0 saturated carbocycles. The van der Waals surface area contributed by atoms with E-state index >= 15 is 0 Å². The first kappa shape index (κ1) is 13.4. The zero-order valence-corrected chi connectivity index (χ0v) is 12.2. The van der Waals surface area contributed by atoms with Gasteiger partial charge in [-0.2, -0.15) is 9.78 Å². The third kappa shape index (κ3) is 2.73. The second kappa shape index (κ2) is 5.48. The van der Waals surface area contributed by atoms with E-state index in [0.29, 0.717) is 23.3 Å². The standard InChI is InChI=1S/C15H12N6O2/c1-10-4-6-11(7-5-10)14-17-20-21(18-14)9-13-16-15(23-19-13)12-3-2-8-22-12/h2-8H,9H2,1H3. The molecular formula is C15H12N6O2. The van der Waals surface area contributed by atoms with Gasteiger partial charge < -0.3 is 8.94 Å². The molecule has 3 heterocycles. The second-order valence-electron chi connectivity index (χ2n) is 5.00. The molecule has 0 fully saturated rings. The molecule has 0 N–H and O–H groups in total. The van der Waals surface area contributed by atoms with Crippen LogP contribution in [0.1, 0.15) is 11.4 Å². The molecule has 114 valence electrons. The van der Waals surface area contributed by atoms with Crippen molar-refractivity contribution < 1.29 is 8.94 Å². The van der Waals surface area contributed by atoms with Crippen molar-refractivity contribution in [1.82, 2.24) is 30.3 Å². The summed E-state index contributed by atoms with van der Waals surface area (Å²) >= 11 is 0. The third-order valence-corrected chi connectivity index (χ3v) is 3.25. The lowest BCUT2D eigenvalue weighted by Crippen LogP contribution is -2.05. The first-order valence-corrected chi connectivity index (χ1v) is 6.99. The first-order chi connectivity index (χ1) is 11.3. The summed E-state index contributed by atoms with van der Waals surface area (Å²) in [7, 11) is 0. The fraction of sp³-hybridized carbons (Fsp3) is 0.133. The molecule has 8 nitrogen and oxygen atoms in total. The van der Waals surface area contributed by atoms with Crippen molar-refractivity contribution in [1.29, 1.82) is 0 Å². The van der Waals surface area contributed by atoms with Crippen LogP contribution in [0.4, 0.5) is 0 Å². The Morgan fingerprint density at radius 2 is 2.00 bits per heavy atom. The summed E-state index contributed by atoms with van der Waals surface area (Å²) in [4.78, 5) is 5.66. The molecule has 0 bridgehead atoms. The van der Waals surface area contributed by atoms with Crippen molar-refractivity contribution in [2.75, 3.05) is 0 Å². The maximum Gasteiger partial charge on any atom is 0.293 e. The molecular weight excluding hydrogens is 296 g/mol. The molecule has 0 aliphatic rings. The Morgan fingerprint density at radius 3 is 2.78 bits per heavy atom. The molecule has 0 radical (unpaired) electrons. The van der Waals surface area contributed by atoms with Crippen LogP contribution in [0.25, 0.3) is 23.0 Å². The van der Waals surface area contributed by atoms with Gasteiger partial charge in [-0.05, 0) is 24.3 Å². The normalized spacial score (nSPS) is 11.0. The van der Waals surface area contributed by atoms with E-state index in [9.17, 15) is 0 Å². The van der Waals surface area contributed by atoms with E-state index in [-0.39, 0.29) is 6.54 Å². The number of aryl methyl sites for hydroxylation is 1. The topological polar surface area (TPSA) is 95.7 Å². The van der Waals surface area contributed by atoms with Crippen LogP contribution < -0.4 is 0 Å². The van der Waals surface area contributed by atoms with E-state index < -0.39 is 0 Å². The Balaban J connectivity index is 1.53. The minimum Gasteiger partial charge on any atom is -0.459 e. The van der Waals surface area contributed by atoms with E-state index in [2.05, 4.69) is 25.6 Å². The van der Waals surface area contributed by atoms with Gasteiger partial charge in [0.15, 0.2) is 11.6 Å². The van der Waals surface area contributed by atoms with Gasteiger partial charge >= 0.3 is 0 Å². The van der Waals surface area contributed by atoms with Crippen molar-refractivity contribution in [3.05, 3.63) is 54.0 Å². The Morgan fingerprint density at radius 1 is 1.13 bits per heavy atom. The number of furan rings is 1. The number of benzene rings is 1. The van der Waals surface area contributed by atoms with Crippen LogP contribution in [-0.4, -0.2) is 30.3 Å². The van der Waals surface area contributed by atoms with Crippen LogP contribution in [-0.2, 0) is 6.54 Å². The van der Waals surface area contributed by atoms with Gasteiger partial charge in [0.25, 0.3) is 5.89 Å². The van der Waals surface area contributed by atoms with Crippen molar-refractivity contribution in [2.24, 2.45) is 0 Å². The Labute approximate surface area is 130 Å². The molecule has 0 spiro atoms. The molecule has 0 aliphatic carbocycles. The van der Waals surface area contributed by atoms with E-state index in [1.807, 2.05) is 31.2 Å². The van der Waals surface area contributed by atoms with Crippen LogP contribution in [0.15, 0.2) is 51.6 Å². The highest BCUT2D eigenvalue weighted by molar-refractivity contribution is 5.54. The van der Waals surface area contributed by atoms with E-state index in [1.165, 1.54) is 10.4 Å². The molecule has 0 aliphatic heterocycles. The van der Waals surface area contributed by atoms with Gasteiger partial charge in [-0.25, -0.2) is 0 Å². The van der Waals surface area contributed by atoms with Gasteiger partial charge in [0.2, 0.25) is 5.82 Å². The number of tetrazole rings is 1. The second-order valence-corrected chi connectivity index (χ2v) is 5.00. The average molecular weight is 308 g/mol. The van der Waals surface area contributed by atoms with Gasteiger partial charge in [0, 0.05) is 5.56 Å². The molecule has 23 heavy (non-hydrogen) atoms. The Bertz CT molecular complexity index is 908. The lowest BCUT2D eigenvalue weighted by atomic mass is 10.1. The van der Waals surface area contributed by atoms with Crippen molar-refractivity contribution >= 4 is 0 Å². The monoisotopic (exact) mass is 308 g/mol. The molecule has 3 aromatic heterocycles. The Kier molecular flexibility index (Phi) is 3.19. The summed E-state index contributed by atoms with van der Waals surface area (Å²) in [6, 6.07) is 11.4. The van der Waals surface area contributed by atoms with Gasteiger partial charge in [0.05, 0.1) is 6.26 Å². The van der Waals surface area contributed by atoms with Crippen LogP contribution in [0.5, 0.6) is 0 Å². The van der Waals surface area contributed by atoms with Crippen LogP contribution >= 0.6 is 0 Å². The molecule has 0 unspecified atom stereocenters. The van der Waals surface area contributed by atoms with Gasteiger partial charge in [-0.3, -0.25) is 0 Å². The fourth-order valence-electron chi connectivity index (χ4n) is 2.07. The zero-order chi connectivity index (χ0) is 15.6. The molecule has 4 aromatic rings. The lowest BCUT2D eigenvalue weighted by molar-refractivity contribution is 0.403. The van der Waals surface area contributed by atoms with Gasteiger partial charge in [-0.1, -0.05) is 35.0 Å². The molecule has 8 heteroatoms. The number of hydrogen-bond donors (Lipinski definition) is 0. The summed E-state index contributed by atoms with van der Waals surface area (Å²) in [5.74, 6) is 1.85. The van der Waals surface area contributed by atoms with E-state index in [1.54, 1.807) is 18.4 Å². The molecule has 0 saturated heterocycles. The molecule has 0 atom stereocenters. The van der Waals surface area contributed by atoms with Crippen LogP contribution in [0.2, 0.25) is 0 Å². The first-order valence-electron chi connectivity index (χ1n) is 6.99. The number of rotatable bonds is 4. The van der Waals surface area contributed by atoms with Crippen molar-refractivity contribution in [3.63, 3.8) is 0 Å². The highest BCUT2D eigenvalue weighted by atomic mass is 16.5. The zero-order valence-electron chi connectivity index (χ0n) is 12.2. The van der Waals surface area contributed by atoms with Crippen LogP contribution in [0, 0.1) is 6.92 Å². The lowest BCUT2D eigenvalue weighted by Gasteiger charge is -1.95. The summed E-state index contributed by atoms with van der Waals surface area (Å²) < 4.78 is 10.3. The van der Waals surface area contributed by atoms with Crippen molar-refractivity contribution in [2.45, 2.75) is 13.5 Å². The quantitative estimate of drug-likeness (QED) is 0.571. The maximum absolute atomic E-state index is 5.21. The fourth-order valence-corrected chi connectivity index (χ4v) is 2.07. The summed E-state index contributed by atoms with van der Waals surface area (Å²) in [6.45, 7) is 2.30. The predicted molar refractivity (Wildman–Crippen MR) is 79.1 cm³/mol. The smallest absolute Gasteiger partial charge is 0.293 e. The maximum atomic E-state index is 5.21. The van der Waals surface area contributed by atoms with Crippen LogP contribution in [0.3, 0.4) is 0 Å². The minimum absolute atomic E-state index is 0.267. The Hall–Kier alpha value is -3.29. The van der Waals surface area contributed by atoms with Gasteiger partial charge in [-0.15, -0.1) is 10.2 Å². The summed E-state index contributed by atoms with van der Waals surface area (Å²) in [5, 5.41) is 16.3. The van der Waals surface area contributed by atoms with Crippen molar-refractivity contribution in [3.8, 4) is 23.0 Å². The van der Waals surface area contributed by atoms with E-state index in [4.69, 9.17) is 8.94 Å². The highest BCUT2D eigenvalue weighted by Crippen LogP contribution is 2.17. The van der Waals surface area contributed by atoms with Gasteiger partial charge in [0.1, 0.15) is 6.54 Å². The predicted octanol–water partition coefficient (Wildman–Crippen LogP) is 2.34. The molecule has 1 aromatic carbocycles. The highest BCUT2D eigenvalue weighted by Gasteiger charge is 2.13. The third-order valence-electron chi connectivity index (χ3n) is 3.25. The van der Waals surface area contributed by atoms with E-state index in [0.717, 1.165) is 5.56 Å². The summed E-state index contributed by atoms with van der Waals surface area (Å²) in [6.07, 6.45) is 1.55. The molecule has 4 rings (SSSR count). The summed E-state index contributed by atoms with van der Waals surface area (Å²) in [5.41, 5.74) is 2.09. The number of aromatic nitrogens is 6.